The lowest BCUT2D eigenvalue weighted by Crippen LogP contribution is -2.43. The average molecular weight is 580 g/mol. The monoisotopic (exact) mass is 579 g/mol. The molecule has 0 bridgehead atoms. The predicted octanol–water partition coefficient (Wildman–Crippen LogP) is 10.8. The fourth-order valence-corrected chi connectivity index (χ4v) is 7.66. The van der Waals surface area contributed by atoms with Crippen LogP contribution in [-0.2, 0) is 10.8 Å². The van der Waals surface area contributed by atoms with E-state index in [4.69, 9.17) is 9.97 Å². The van der Waals surface area contributed by atoms with Crippen molar-refractivity contribution in [1.82, 2.24) is 14.5 Å². The molecule has 9 rings (SSSR count). The second kappa shape index (κ2) is 9.12. The molecule has 0 saturated carbocycles. The van der Waals surface area contributed by atoms with Gasteiger partial charge in [0.2, 0.25) is 0 Å². The van der Waals surface area contributed by atoms with E-state index in [2.05, 4.69) is 141 Å². The maximum atomic E-state index is 5.35. The van der Waals surface area contributed by atoms with E-state index in [0.717, 1.165) is 39.1 Å². The van der Waals surface area contributed by atoms with Gasteiger partial charge < -0.3 is 0 Å². The highest BCUT2D eigenvalue weighted by Crippen LogP contribution is 2.56. The summed E-state index contributed by atoms with van der Waals surface area (Å²) in [5.74, 6) is 0.852. The molecule has 45 heavy (non-hydrogen) atoms. The molecule has 0 fully saturated rings. The Labute approximate surface area is 262 Å². The minimum absolute atomic E-state index is 0.0954. The molecule has 0 saturated heterocycles. The third-order valence-corrected chi connectivity index (χ3v) is 10.7. The van der Waals surface area contributed by atoms with Gasteiger partial charge in [0.15, 0.2) is 5.82 Å². The van der Waals surface area contributed by atoms with E-state index in [1.165, 1.54) is 43.8 Å². The standard InChI is InChI=1S/C42H33N3/c1-41(2)32-23-22-26-14-8-9-17-28(26)38(32)31-24-30-29-18-10-13-21-36(29)45(37(30)25-33(31)42(41,3)4)40-39(27-15-6-5-7-16-27)43-34-19-11-12-20-35(34)44-40/h5-25H,1-4H3. The van der Waals surface area contributed by atoms with Crippen molar-refractivity contribution in [2.45, 2.75) is 38.5 Å². The molecule has 3 nitrogen and oxygen atoms in total. The van der Waals surface area contributed by atoms with Crippen molar-refractivity contribution in [3.05, 3.63) is 139 Å². The van der Waals surface area contributed by atoms with Gasteiger partial charge in [-0.3, -0.25) is 4.57 Å². The van der Waals surface area contributed by atoms with Crippen LogP contribution in [0.25, 0.3) is 71.8 Å². The summed E-state index contributed by atoms with van der Waals surface area (Å²) in [6.45, 7) is 9.64. The van der Waals surface area contributed by atoms with Crippen LogP contribution in [0.4, 0.5) is 0 Å². The summed E-state index contributed by atoms with van der Waals surface area (Å²) in [4.78, 5) is 10.6. The Kier molecular flexibility index (Phi) is 5.30. The lowest BCUT2D eigenvalue weighted by Gasteiger charge is -2.48. The predicted molar refractivity (Wildman–Crippen MR) is 188 cm³/mol. The zero-order chi connectivity index (χ0) is 30.5. The maximum absolute atomic E-state index is 5.35. The molecule has 216 valence electrons. The first-order valence-electron chi connectivity index (χ1n) is 15.8. The Hall–Kier alpha value is -5.28. The number of aromatic nitrogens is 3. The zero-order valence-electron chi connectivity index (χ0n) is 26.0. The summed E-state index contributed by atoms with van der Waals surface area (Å²) < 4.78 is 2.36. The van der Waals surface area contributed by atoms with Gasteiger partial charge in [0.1, 0.15) is 5.69 Å². The number of hydrogen-bond acceptors (Lipinski definition) is 2. The highest BCUT2D eigenvalue weighted by molar-refractivity contribution is 6.13. The van der Waals surface area contributed by atoms with E-state index < -0.39 is 0 Å². The van der Waals surface area contributed by atoms with Gasteiger partial charge in [0.25, 0.3) is 0 Å². The molecule has 2 heterocycles. The molecule has 1 aliphatic rings. The summed E-state index contributed by atoms with van der Waals surface area (Å²) in [5, 5.41) is 5.04. The third-order valence-electron chi connectivity index (χ3n) is 10.7. The van der Waals surface area contributed by atoms with Crippen LogP contribution >= 0.6 is 0 Å². The molecule has 0 unspecified atom stereocenters. The molecule has 0 atom stereocenters. The zero-order valence-corrected chi connectivity index (χ0v) is 26.0. The molecule has 1 aliphatic carbocycles. The Balaban J connectivity index is 1.45. The number of hydrogen-bond donors (Lipinski definition) is 0. The fraction of sp³-hybridized carbons (Fsp3) is 0.143. The minimum Gasteiger partial charge on any atom is -0.292 e. The number of fused-ring (bicyclic) bond motifs is 9. The Morgan fingerprint density at radius 3 is 1.96 bits per heavy atom. The van der Waals surface area contributed by atoms with Gasteiger partial charge in [0.05, 0.1) is 22.1 Å². The lowest BCUT2D eigenvalue weighted by atomic mass is 9.55. The second-order valence-electron chi connectivity index (χ2n) is 13.5. The topological polar surface area (TPSA) is 30.7 Å². The number of benzene rings is 6. The summed E-state index contributed by atoms with van der Waals surface area (Å²) in [6, 6.07) is 45.8. The summed E-state index contributed by atoms with van der Waals surface area (Å²) in [7, 11) is 0. The van der Waals surface area contributed by atoms with Crippen molar-refractivity contribution >= 4 is 43.6 Å². The number of nitrogens with zero attached hydrogens (tertiary/aromatic N) is 3. The number of rotatable bonds is 2. The Bertz CT molecular complexity index is 2480. The molecule has 2 aromatic heterocycles. The smallest absolute Gasteiger partial charge is 0.165 e. The molecule has 0 aliphatic heterocycles. The van der Waals surface area contributed by atoms with Gasteiger partial charge in [-0.15, -0.1) is 0 Å². The molecular formula is C42H33N3. The maximum Gasteiger partial charge on any atom is 0.165 e. The van der Waals surface area contributed by atoms with E-state index in [9.17, 15) is 0 Å². The second-order valence-corrected chi connectivity index (χ2v) is 13.5. The van der Waals surface area contributed by atoms with Gasteiger partial charge in [-0.25, -0.2) is 9.97 Å². The van der Waals surface area contributed by atoms with Crippen molar-refractivity contribution in [2.75, 3.05) is 0 Å². The van der Waals surface area contributed by atoms with E-state index in [1.54, 1.807) is 0 Å². The van der Waals surface area contributed by atoms with E-state index >= 15 is 0 Å². The van der Waals surface area contributed by atoms with E-state index in [1.807, 2.05) is 18.2 Å². The van der Waals surface area contributed by atoms with Crippen LogP contribution in [0, 0.1) is 0 Å². The number of para-hydroxylation sites is 3. The van der Waals surface area contributed by atoms with Gasteiger partial charge in [0, 0.05) is 16.3 Å². The molecule has 0 spiro atoms. The van der Waals surface area contributed by atoms with Gasteiger partial charge in [-0.05, 0) is 74.2 Å². The van der Waals surface area contributed by atoms with Gasteiger partial charge in [-0.2, -0.15) is 0 Å². The van der Waals surface area contributed by atoms with Crippen LogP contribution in [0.5, 0.6) is 0 Å². The van der Waals surface area contributed by atoms with Gasteiger partial charge in [-0.1, -0.05) is 125 Å². The van der Waals surface area contributed by atoms with Gasteiger partial charge >= 0.3 is 0 Å². The van der Waals surface area contributed by atoms with Crippen molar-refractivity contribution in [3.8, 4) is 28.2 Å². The van der Waals surface area contributed by atoms with Crippen LogP contribution in [0.2, 0.25) is 0 Å². The van der Waals surface area contributed by atoms with Crippen molar-refractivity contribution in [2.24, 2.45) is 0 Å². The molecule has 0 radical (unpaired) electrons. The molecule has 8 aromatic rings. The highest BCUT2D eigenvalue weighted by Gasteiger charge is 2.46. The molecule has 0 N–H and O–H groups in total. The highest BCUT2D eigenvalue weighted by atomic mass is 15.1. The van der Waals surface area contributed by atoms with Crippen molar-refractivity contribution in [1.29, 1.82) is 0 Å². The first kappa shape index (κ1) is 26.2. The molecule has 3 heteroatoms. The van der Waals surface area contributed by atoms with E-state index in [-0.39, 0.29) is 10.8 Å². The van der Waals surface area contributed by atoms with Crippen molar-refractivity contribution in [3.63, 3.8) is 0 Å². The van der Waals surface area contributed by atoms with Crippen LogP contribution < -0.4 is 0 Å². The average Bonchev–Trinajstić information content (AvgIpc) is 3.39. The van der Waals surface area contributed by atoms with E-state index in [0.29, 0.717) is 0 Å². The molecule has 0 amide bonds. The van der Waals surface area contributed by atoms with Crippen LogP contribution in [0.3, 0.4) is 0 Å². The Morgan fingerprint density at radius 2 is 1.16 bits per heavy atom. The first-order valence-corrected chi connectivity index (χ1v) is 15.8. The fourth-order valence-electron chi connectivity index (χ4n) is 7.66. The summed E-state index contributed by atoms with van der Waals surface area (Å²) in [5.41, 5.74) is 11.2. The molecular weight excluding hydrogens is 546 g/mol. The molecule has 6 aromatic carbocycles. The van der Waals surface area contributed by atoms with Crippen molar-refractivity contribution < 1.29 is 0 Å². The third kappa shape index (κ3) is 3.52. The summed E-state index contributed by atoms with van der Waals surface area (Å²) >= 11 is 0. The largest absolute Gasteiger partial charge is 0.292 e. The van der Waals surface area contributed by atoms with Crippen LogP contribution in [0.1, 0.15) is 38.8 Å². The SMILES string of the molecule is CC1(C)c2cc3c(cc2-c2c(ccc4ccccc24)C1(C)C)c1ccccc1n3-c1nc2ccccc2nc1-c1ccccc1. The van der Waals surface area contributed by atoms with Crippen LogP contribution in [-0.4, -0.2) is 14.5 Å². The lowest BCUT2D eigenvalue weighted by molar-refractivity contribution is 0.299. The summed E-state index contributed by atoms with van der Waals surface area (Å²) in [6.07, 6.45) is 0. The van der Waals surface area contributed by atoms with Crippen LogP contribution in [0.15, 0.2) is 127 Å². The minimum atomic E-state index is -0.134. The quantitative estimate of drug-likeness (QED) is 0.204. The normalized spacial score (nSPS) is 15.0. The first-order chi connectivity index (χ1) is 21.8. The Morgan fingerprint density at radius 1 is 0.511 bits per heavy atom.